The van der Waals surface area contributed by atoms with Crippen LogP contribution in [0.4, 0.5) is 0 Å². The summed E-state index contributed by atoms with van der Waals surface area (Å²) in [5, 5.41) is 4.30. The van der Waals surface area contributed by atoms with Gasteiger partial charge in [0.1, 0.15) is 11.5 Å². The van der Waals surface area contributed by atoms with Gasteiger partial charge in [-0.25, -0.2) is 0 Å². The molecule has 0 aliphatic rings. The van der Waals surface area contributed by atoms with E-state index >= 15 is 0 Å². The van der Waals surface area contributed by atoms with Gasteiger partial charge in [0.25, 0.3) is 10.0 Å². The second-order valence-electron chi connectivity index (χ2n) is 7.43. The number of hydrazone groups is 1. The molecule has 1 N–H and O–H groups in total. The summed E-state index contributed by atoms with van der Waals surface area (Å²) in [5.74, 6) is 2.25. The standard InChI is InChI=1S/C25H28N2O6S/c1-17-6-9-22(10-7-17)34(28,29)27-26-23(19-14-20(30-2)16-21(15-19)31-3)12-18-8-11-24(32-4)25(13-18)33-5/h6-11,13-16,27H,12H2,1-5H3/b26-23-. The van der Waals surface area contributed by atoms with Crippen LogP contribution in [0.5, 0.6) is 23.0 Å². The lowest BCUT2D eigenvalue weighted by Crippen LogP contribution is -2.21. The van der Waals surface area contributed by atoms with Gasteiger partial charge in [0.2, 0.25) is 0 Å². The molecule has 9 heteroatoms. The van der Waals surface area contributed by atoms with Crippen LogP contribution in [0.15, 0.2) is 70.7 Å². The molecule has 0 radical (unpaired) electrons. The Morgan fingerprint density at radius 2 is 1.41 bits per heavy atom. The van der Waals surface area contributed by atoms with Crippen LogP contribution in [0, 0.1) is 6.92 Å². The van der Waals surface area contributed by atoms with E-state index in [0.717, 1.165) is 11.1 Å². The van der Waals surface area contributed by atoms with E-state index in [1.165, 1.54) is 12.1 Å². The summed E-state index contributed by atoms with van der Waals surface area (Å²) >= 11 is 0. The lowest BCUT2D eigenvalue weighted by atomic mass is 10.0. The molecule has 0 bridgehead atoms. The molecule has 3 aromatic rings. The quantitative estimate of drug-likeness (QED) is 0.346. The van der Waals surface area contributed by atoms with Gasteiger partial charge in [-0.3, -0.25) is 0 Å². The minimum atomic E-state index is -3.87. The summed E-state index contributed by atoms with van der Waals surface area (Å²) in [5.41, 5.74) is 2.89. The third kappa shape index (κ3) is 5.99. The Morgan fingerprint density at radius 1 is 0.794 bits per heavy atom. The van der Waals surface area contributed by atoms with Crippen molar-refractivity contribution >= 4 is 15.7 Å². The molecule has 0 aliphatic heterocycles. The van der Waals surface area contributed by atoms with Gasteiger partial charge in [-0.1, -0.05) is 23.8 Å². The Labute approximate surface area is 200 Å². The van der Waals surface area contributed by atoms with E-state index in [1.807, 2.05) is 19.1 Å². The number of ether oxygens (including phenoxy) is 4. The van der Waals surface area contributed by atoms with Gasteiger partial charge in [-0.2, -0.15) is 18.4 Å². The van der Waals surface area contributed by atoms with E-state index in [-0.39, 0.29) is 4.90 Å². The number of sulfonamides is 1. The molecule has 0 fully saturated rings. The number of nitrogens with zero attached hydrogens (tertiary/aromatic N) is 1. The summed E-state index contributed by atoms with van der Waals surface area (Å²) in [6.07, 6.45) is 0.299. The molecule has 0 spiro atoms. The van der Waals surface area contributed by atoms with E-state index in [2.05, 4.69) is 9.93 Å². The van der Waals surface area contributed by atoms with Gasteiger partial charge in [0.15, 0.2) is 11.5 Å². The minimum Gasteiger partial charge on any atom is -0.497 e. The third-order valence-electron chi connectivity index (χ3n) is 5.14. The predicted octanol–water partition coefficient (Wildman–Crippen LogP) is 3.95. The maximum atomic E-state index is 12.9. The fraction of sp³-hybridized carbons (Fsp3) is 0.240. The van der Waals surface area contributed by atoms with Gasteiger partial charge in [0, 0.05) is 18.1 Å². The Balaban J connectivity index is 2.04. The molecular formula is C25H28N2O6S. The number of hydrogen-bond donors (Lipinski definition) is 1. The van der Waals surface area contributed by atoms with Crippen molar-refractivity contribution in [3.8, 4) is 23.0 Å². The van der Waals surface area contributed by atoms with Crippen LogP contribution in [0.3, 0.4) is 0 Å². The lowest BCUT2D eigenvalue weighted by molar-refractivity contribution is 0.354. The molecular weight excluding hydrogens is 456 g/mol. The molecule has 0 amide bonds. The highest BCUT2D eigenvalue weighted by molar-refractivity contribution is 7.89. The van der Waals surface area contributed by atoms with Crippen molar-refractivity contribution in [1.29, 1.82) is 0 Å². The molecule has 8 nitrogen and oxygen atoms in total. The second kappa shape index (κ2) is 10.9. The molecule has 0 unspecified atom stereocenters. The highest BCUT2D eigenvalue weighted by Gasteiger charge is 2.16. The zero-order chi connectivity index (χ0) is 24.7. The maximum absolute atomic E-state index is 12.9. The first kappa shape index (κ1) is 24.9. The highest BCUT2D eigenvalue weighted by Crippen LogP contribution is 2.29. The predicted molar refractivity (Wildman–Crippen MR) is 131 cm³/mol. The first-order chi connectivity index (χ1) is 16.3. The summed E-state index contributed by atoms with van der Waals surface area (Å²) in [6, 6.07) is 17.3. The molecule has 0 saturated heterocycles. The molecule has 34 heavy (non-hydrogen) atoms. The Bertz CT molecular complexity index is 1250. The molecule has 0 heterocycles. The van der Waals surface area contributed by atoms with E-state index in [4.69, 9.17) is 18.9 Å². The van der Waals surface area contributed by atoms with Crippen molar-refractivity contribution < 1.29 is 27.4 Å². The van der Waals surface area contributed by atoms with Crippen LogP contribution in [0.1, 0.15) is 16.7 Å². The van der Waals surface area contributed by atoms with E-state index in [0.29, 0.717) is 40.7 Å². The third-order valence-corrected chi connectivity index (χ3v) is 6.36. The first-order valence-corrected chi connectivity index (χ1v) is 11.9. The first-order valence-electron chi connectivity index (χ1n) is 10.4. The monoisotopic (exact) mass is 484 g/mol. The fourth-order valence-corrected chi connectivity index (χ4v) is 4.08. The van der Waals surface area contributed by atoms with Crippen molar-refractivity contribution in [2.24, 2.45) is 5.10 Å². The van der Waals surface area contributed by atoms with E-state index in [9.17, 15) is 8.42 Å². The molecule has 0 saturated carbocycles. The minimum absolute atomic E-state index is 0.121. The number of methoxy groups -OCH3 is 4. The van der Waals surface area contributed by atoms with Crippen LogP contribution >= 0.6 is 0 Å². The van der Waals surface area contributed by atoms with Crippen molar-refractivity contribution in [3.63, 3.8) is 0 Å². The molecule has 3 rings (SSSR count). The smallest absolute Gasteiger partial charge is 0.276 e. The zero-order valence-corrected chi connectivity index (χ0v) is 20.6. The van der Waals surface area contributed by atoms with Crippen LogP contribution in [0.25, 0.3) is 0 Å². The summed E-state index contributed by atoms with van der Waals surface area (Å²) < 4.78 is 47.2. The van der Waals surface area contributed by atoms with Crippen molar-refractivity contribution in [2.75, 3.05) is 28.4 Å². The molecule has 3 aromatic carbocycles. The Hall–Kier alpha value is -3.72. The number of aryl methyl sites for hydroxylation is 1. The maximum Gasteiger partial charge on any atom is 0.276 e. The average molecular weight is 485 g/mol. The summed E-state index contributed by atoms with van der Waals surface area (Å²) in [6.45, 7) is 1.89. The number of benzene rings is 3. The highest BCUT2D eigenvalue weighted by atomic mass is 32.2. The lowest BCUT2D eigenvalue weighted by Gasteiger charge is -2.14. The summed E-state index contributed by atoms with van der Waals surface area (Å²) in [4.78, 5) is 2.48. The van der Waals surface area contributed by atoms with Gasteiger partial charge >= 0.3 is 0 Å². The Morgan fingerprint density at radius 3 is 1.97 bits per heavy atom. The van der Waals surface area contributed by atoms with Gasteiger partial charge in [0.05, 0.1) is 39.0 Å². The normalized spacial score (nSPS) is 11.6. The molecule has 0 aliphatic carbocycles. The van der Waals surface area contributed by atoms with Crippen molar-refractivity contribution in [3.05, 3.63) is 77.4 Å². The average Bonchev–Trinajstić information content (AvgIpc) is 2.86. The van der Waals surface area contributed by atoms with E-state index in [1.54, 1.807) is 64.8 Å². The zero-order valence-electron chi connectivity index (χ0n) is 19.8. The van der Waals surface area contributed by atoms with Crippen molar-refractivity contribution in [1.82, 2.24) is 4.83 Å². The fourth-order valence-electron chi connectivity index (χ4n) is 3.25. The summed E-state index contributed by atoms with van der Waals surface area (Å²) in [7, 11) is 2.34. The van der Waals surface area contributed by atoms with E-state index < -0.39 is 10.0 Å². The van der Waals surface area contributed by atoms with Crippen molar-refractivity contribution in [2.45, 2.75) is 18.2 Å². The second-order valence-corrected chi connectivity index (χ2v) is 9.09. The molecule has 180 valence electrons. The largest absolute Gasteiger partial charge is 0.497 e. The number of hydrogen-bond acceptors (Lipinski definition) is 7. The van der Waals surface area contributed by atoms with Gasteiger partial charge < -0.3 is 18.9 Å². The van der Waals surface area contributed by atoms with Crippen LogP contribution < -0.4 is 23.8 Å². The number of nitrogens with one attached hydrogen (secondary N) is 1. The SMILES string of the molecule is COc1cc(OC)cc(/C(Cc2ccc(OC)c(OC)c2)=N\NS(=O)(=O)c2ccc(C)cc2)c1. The number of rotatable bonds is 10. The molecule has 0 aromatic heterocycles. The van der Waals surface area contributed by atoms with Crippen LogP contribution in [-0.2, 0) is 16.4 Å². The van der Waals surface area contributed by atoms with Crippen LogP contribution in [-0.4, -0.2) is 42.6 Å². The topological polar surface area (TPSA) is 95.4 Å². The van der Waals surface area contributed by atoms with Gasteiger partial charge in [-0.15, -0.1) is 0 Å². The van der Waals surface area contributed by atoms with Gasteiger partial charge in [-0.05, 0) is 48.9 Å². The van der Waals surface area contributed by atoms with Crippen LogP contribution in [0.2, 0.25) is 0 Å². The Kier molecular flexibility index (Phi) is 8.01. The molecule has 0 atom stereocenters.